The summed E-state index contributed by atoms with van der Waals surface area (Å²) < 4.78 is 0. The summed E-state index contributed by atoms with van der Waals surface area (Å²) in [4.78, 5) is 26.0. The minimum atomic E-state index is -1.10. The summed E-state index contributed by atoms with van der Waals surface area (Å²) in [6.45, 7) is 2.74. The van der Waals surface area contributed by atoms with Gasteiger partial charge in [0.05, 0.1) is 0 Å². The van der Waals surface area contributed by atoms with Gasteiger partial charge in [0.1, 0.15) is 5.69 Å². The highest BCUT2D eigenvalue weighted by molar-refractivity contribution is 7.11. The van der Waals surface area contributed by atoms with E-state index in [1.54, 1.807) is 0 Å². The summed E-state index contributed by atoms with van der Waals surface area (Å²) in [6.07, 6.45) is 2.49. The lowest BCUT2D eigenvalue weighted by molar-refractivity contribution is 0.0696. The second-order valence-electron chi connectivity index (χ2n) is 4.37. The monoisotopic (exact) mass is 254 g/mol. The molecule has 0 aromatic carbocycles. The van der Waals surface area contributed by atoms with Gasteiger partial charge in [-0.2, -0.15) is 0 Å². The van der Waals surface area contributed by atoms with Crippen LogP contribution in [0.25, 0.3) is 0 Å². The fourth-order valence-corrected chi connectivity index (χ4v) is 2.29. The van der Waals surface area contributed by atoms with E-state index in [4.69, 9.17) is 5.11 Å². The van der Waals surface area contributed by atoms with Crippen LogP contribution in [-0.2, 0) is 0 Å². The van der Waals surface area contributed by atoms with Crippen LogP contribution in [0, 0.1) is 11.8 Å². The first-order chi connectivity index (χ1) is 8.08. The number of amides is 1. The maximum absolute atomic E-state index is 11.7. The third kappa shape index (κ3) is 3.03. The van der Waals surface area contributed by atoms with E-state index in [1.165, 1.54) is 18.2 Å². The number of carbonyl (C=O) groups excluding carboxylic acids is 1. The highest BCUT2D eigenvalue weighted by atomic mass is 32.1. The third-order valence-electron chi connectivity index (χ3n) is 2.93. The van der Waals surface area contributed by atoms with Gasteiger partial charge in [-0.05, 0) is 24.7 Å². The largest absolute Gasteiger partial charge is 0.476 e. The van der Waals surface area contributed by atoms with Gasteiger partial charge in [0.2, 0.25) is 5.01 Å². The van der Waals surface area contributed by atoms with Crippen LogP contribution >= 0.6 is 11.3 Å². The Bertz CT molecular complexity index is 440. The number of carboxylic acids is 1. The Labute approximate surface area is 103 Å². The molecule has 1 aromatic heterocycles. The second-order valence-corrected chi connectivity index (χ2v) is 5.23. The minimum absolute atomic E-state index is 0.0506. The standard InChI is InChI=1S/C11H14N2O3S/c1-6(7-2-3-7)4-12-9(14)8-5-17-10(13-8)11(15)16/h5-7H,2-4H2,1H3,(H,12,14)(H,15,16). The van der Waals surface area contributed by atoms with E-state index in [9.17, 15) is 9.59 Å². The van der Waals surface area contributed by atoms with E-state index in [1.807, 2.05) is 0 Å². The van der Waals surface area contributed by atoms with Crippen molar-refractivity contribution in [2.75, 3.05) is 6.54 Å². The predicted molar refractivity (Wildman–Crippen MR) is 63.3 cm³/mol. The molecule has 6 heteroatoms. The molecule has 1 aliphatic rings. The average molecular weight is 254 g/mol. The molecule has 2 rings (SSSR count). The zero-order chi connectivity index (χ0) is 12.4. The summed E-state index contributed by atoms with van der Waals surface area (Å²) >= 11 is 0.967. The fraction of sp³-hybridized carbons (Fsp3) is 0.545. The summed E-state index contributed by atoms with van der Waals surface area (Å²) in [7, 11) is 0. The molecule has 0 bridgehead atoms. The van der Waals surface area contributed by atoms with Gasteiger partial charge in [0.25, 0.3) is 5.91 Å². The van der Waals surface area contributed by atoms with Crippen molar-refractivity contribution in [3.05, 3.63) is 16.1 Å². The van der Waals surface area contributed by atoms with Gasteiger partial charge < -0.3 is 10.4 Å². The average Bonchev–Trinajstić information content (AvgIpc) is 3.02. The van der Waals surface area contributed by atoms with E-state index in [0.717, 1.165) is 17.3 Å². The molecule has 92 valence electrons. The molecule has 1 atom stereocenters. The SMILES string of the molecule is CC(CNC(=O)c1csc(C(=O)O)n1)C1CC1. The van der Waals surface area contributed by atoms with Crippen molar-refractivity contribution >= 4 is 23.2 Å². The van der Waals surface area contributed by atoms with Crippen LogP contribution in [0.15, 0.2) is 5.38 Å². The Morgan fingerprint density at radius 2 is 2.35 bits per heavy atom. The van der Waals surface area contributed by atoms with E-state index < -0.39 is 5.97 Å². The van der Waals surface area contributed by atoms with Crippen LogP contribution in [0.1, 0.15) is 40.1 Å². The summed E-state index contributed by atoms with van der Waals surface area (Å²) in [5, 5.41) is 12.9. The molecular weight excluding hydrogens is 240 g/mol. The summed E-state index contributed by atoms with van der Waals surface area (Å²) in [6, 6.07) is 0. The maximum atomic E-state index is 11.7. The molecule has 0 saturated heterocycles. The Kier molecular flexibility index (Phi) is 3.42. The van der Waals surface area contributed by atoms with E-state index in [2.05, 4.69) is 17.2 Å². The molecule has 1 heterocycles. The van der Waals surface area contributed by atoms with Crippen LogP contribution in [0.5, 0.6) is 0 Å². The molecule has 1 aliphatic carbocycles. The third-order valence-corrected chi connectivity index (χ3v) is 3.76. The molecule has 0 aliphatic heterocycles. The Morgan fingerprint density at radius 3 is 2.88 bits per heavy atom. The van der Waals surface area contributed by atoms with E-state index >= 15 is 0 Å². The Hall–Kier alpha value is -1.43. The van der Waals surface area contributed by atoms with E-state index in [0.29, 0.717) is 12.5 Å². The molecule has 1 saturated carbocycles. The second kappa shape index (κ2) is 4.83. The van der Waals surface area contributed by atoms with Crippen LogP contribution in [0.4, 0.5) is 0 Å². The number of carboxylic acid groups (broad SMARTS) is 1. The van der Waals surface area contributed by atoms with Gasteiger partial charge in [0.15, 0.2) is 0 Å². The molecular formula is C11H14N2O3S. The molecule has 2 N–H and O–H groups in total. The lowest BCUT2D eigenvalue weighted by Gasteiger charge is -2.10. The molecule has 1 unspecified atom stereocenters. The highest BCUT2D eigenvalue weighted by Gasteiger charge is 2.28. The number of rotatable bonds is 5. The summed E-state index contributed by atoms with van der Waals surface area (Å²) in [5.41, 5.74) is 0.190. The fourth-order valence-electron chi connectivity index (χ4n) is 1.65. The predicted octanol–water partition coefficient (Wildman–Crippen LogP) is 1.62. The number of carbonyl (C=O) groups is 2. The van der Waals surface area contributed by atoms with Gasteiger partial charge in [-0.1, -0.05) is 6.92 Å². The van der Waals surface area contributed by atoms with Gasteiger partial charge in [-0.25, -0.2) is 9.78 Å². The quantitative estimate of drug-likeness (QED) is 0.836. The first-order valence-corrected chi connectivity index (χ1v) is 6.43. The Balaban J connectivity index is 1.87. The number of nitrogens with one attached hydrogen (secondary N) is 1. The molecule has 1 amide bonds. The molecule has 1 fully saturated rings. The van der Waals surface area contributed by atoms with Crippen LogP contribution in [0.2, 0.25) is 0 Å². The molecule has 0 radical (unpaired) electrons. The smallest absolute Gasteiger partial charge is 0.365 e. The number of hydrogen-bond acceptors (Lipinski definition) is 4. The molecule has 1 aromatic rings. The first-order valence-electron chi connectivity index (χ1n) is 5.55. The molecule has 17 heavy (non-hydrogen) atoms. The maximum Gasteiger partial charge on any atom is 0.365 e. The first kappa shape index (κ1) is 12.0. The lowest BCUT2D eigenvalue weighted by Crippen LogP contribution is -2.29. The van der Waals surface area contributed by atoms with Gasteiger partial charge >= 0.3 is 5.97 Å². The van der Waals surface area contributed by atoms with Crippen molar-refractivity contribution in [3.8, 4) is 0 Å². The summed E-state index contributed by atoms with van der Waals surface area (Å²) in [5.74, 6) is -0.168. The van der Waals surface area contributed by atoms with Crippen molar-refractivity contribution < 1.29 is 14.7 Å². The minimum Gasteiger partial charge on any atom is -0.476 e. The zero-order valence-corrected chi connectivity index (χ0v) is 10.3. The van der Waals surface area contributed by atoms with Crippen molar-refractivity contribution in [1.29, 1.82) is 0 Å². The van der Waals surface area contributed by atoms with Crippen molar-refractivity contribution in [3.63, 3.8) is 0 Å². The van der Waals surface area contributed by atoms with Crippen LogP contribution in [0.3, 0.4) is 0 Å². The van der Waals surface area contributed by atoms with E-state index in [-0.39, 0.29) is 16.6 Å². The Morgan fingerprint density at radius 1 is 1.65 bits per heavy atom. The van der Waals surface area contributed by atoms with Crippen molar-refractivity contribution in [1.82, 2.24) is 10.3 Å². The number of aromatic carboxylic acids is 1. The van der Waals surface area contributed by atoms with Gasteiger partial charge in [-0.3, -0.25) is 4.79 Å². The van der Waals surface area contributed by atoms with Crippen molar-refractivity contribution in [2.45, 2.75) is 19.8 Å². The van der Waals surface area contributed by atoms with Crippen LogP contribution in [-0.4, -0.2) is 28.5 Å². The zero-order valence-electron chi connectivity index (χ0n) is 9.47. The number of hydrogen-bond donors (Lipinski definition) is 2. The number of nitrogens with zero attached hydrogens (tertiary/aromatic N) is 1. The van der Waals surface area contributed by atoms with Gasteiger partial charge in [0, 0.05) is 11.9 Å². The van der Waals surface area contributed by atoms with Gasteiger partial charge in [-0.15, -0.1) is 11.3 Å². The number of thiazole rings is 1. The van der Waals surface area contributed by atoms with Crippen LogP contribution < -0.4 is 5.32 Å². The van der Waals surface area contributed by atoms with Crippen molar-refractivity contribution in [2.24, 2.45) is 11.8 Å². The normalized spacial score (nSPS) is 16.5. The highest BCUT2D eigenvalue weighted by Crippen LogP contribution is 2.36. The molecule has 0 spiro atoms. The molecule has 5 nitrogen and oxygen atoms in total. The topological polar surface area (TPSA) is 79.3 Å². The lowest BCUT2D eigenvalue weighted by atomic mass is 10.1. The number of aromatic nitrogens is 1.